The zero-order valence-corrected chi connectivity index (χ0v) is 15.5. The van der Waals surface area contributed by atoms with E-state index in [9.17, 15) is 31.1 Å². The lowest BCUT2D eigenvalue weighted by Gasteiger charge is -2.26. The Balaban J connectivity index is 2.28. The van der Waals surface area contributed by atoms with E-state index in [1.807, 2.05) is 0 Å². The number of alkyl halides is 4. The summed E-state index contributed by atoms with van der Waals surface area (Å²) in [6.45, 7) is 0.241. The summed E-state index contributed by atoms with van der Waals surface area (Å²) in [5, 5.41) is 9.16. The van der Waals surface area contributed by atoms with Crippen LogP contribution < -0.4 is 5.56 Å². The van der Waals surface area contributed by atoms with Crippen LogP contribution in [0.4, 0.5) is 26.3 Å². The maximum absolute atomic E-state index is 14.3. The third-order valence-corrected chi connectivity index (χ3v) is 4.77. The lowest BCUT2D eigenvalue weighted by molar-refractivity contribution is -0.137. The molecule has 0 spiro atoms. The average Bonchev–Trinajstić information content (AvgIpc) is 2.67. The van der Waals surface area contributed by atoms with Crippen LogP contribution >= 0.6 is 0 Å². The third-order valence-electron chi connectivity index (χ3n) is 4.77. The van der Waals surface area contributed by atoms with Crippen molar-refractivity contribution in [2.24, 2.45) is 0 Å². The van der Waals surface area contributed by atoms with Crippen molar-refractivity contribution >= 4 is 0 Å². The summed E-state index contributed by atoms with van der Waals surface area (Å²) in [5.74, 6) is -2.45. The molecule has 0 saturated carbocycles. The molecule has 0 radical (unpaired) electrons. The molecule has 0 aliphatic heterocycles. The highest BCUT2D eigenvalue weighted by Crippen LogP contribution is 2.38. The molecule has 3 rings (SSSR count). The molecule has 1 atom stereocenters. The fourth-order valence-electron chi connectivity index (χ4n) is 3.24. The minimum atomic E-state index is -4.98. The molecule has 0 bridgehead atoms. The van der Waals surface area contributed by atoms with E-state index in [4.69, 9.17) is 5.26 Å². The quantitative estimate of drug-likeness (QED) is 0.601. The lowest BCUT2D eigenvalue weighted by Crippen LogP contribution is -2.31. The Bertz CT molecular complexity index is 1150. The van der Waals surface area contributed by atoms with Gasteiger partial charge < -0.3 is 4.57 Å². The molecule has 1 aliphatic carbocycles. The van der Waals surface area contributed by atoms with Gasteiger partial charge in [0.05, 0.1) is 17.8 Å². The Labute approximate surface area is 167 Å². The predicted octanol–water partition coefficient (Wildman–Crippen LogP) is 5.61. The molecule has 9 heteroatoms. The highest BCUT2D eigenvalue weighted by Gasteiger charge is 2.38. The summed E-state index contributed by atoms with van der Waals surface area (Å²) in [4.78, 5) is 12.8. The second kappa shape index (κ2) is 7.52. The molecule has 1 unspecified atom stereocenters. The zero-order chi connectivity index (χ0) is 22.3. The van der Waals surface area contributed by atoms with Crippen LogP contribution in [-0.2, 0) is 12.7 Å². The van der Waals surface area contributed by atoms with Gasteiger partial charge in [-0.05, 0) is 24.1 Å². The molecule has 156 valence electrons. The first-order valence-electron chi connectivity index (χ1n) is 8.70. The summed E-state index contributed by atoms with van der Waals surface area (Å²) in [6, 6.07) is 9.39. The summed E-state index contributed by atoms with van der Waals surface area (Å²) in [6.07, 6.45) is -5.36. The fraction of sp³-hybridized carbons (Fsp3) is 0.238. The van der Waals surface area contributed by atoms with E-state index in [0.717, 1.165) is 11.5 Å². The van der Waals surface area contributed by atoms with Crippen LogP contribution in [0.1, 0.15) is 24.5 Å². The average molecular weight is 424 g/mol. The van der Waals surface area contributed by atoms with E-state index in [2.05, 4.69) is 0 Å². The SMILES string of the molecule is CC1(F)CC(Cn2c(-c3ccccc3)cc(C(F)(F)F)c(C#N)c2=O)=C(F)C=C1F. The van der Waals surface area contributed by atoms with Crippen molar-refractivity contribution in [1.29, 1.82) is 5.26 Å². The van der Waals surface area contributed by atoms with Gasteiger partial charge in [-0.25, -0.2) is 13.2 Å². The number of aromatic nitrogens is 1. The first kappa shape index (κ1) is 21.4. The van der Waals surface area contributed by atoms with Crippen LogP contribution in [0.2, 0.25) is 0 Å². The van der Waals surface area contributed by atoms with Crippen molar-refractivity contribution in [1.82, 2.24) is 4.57 Å². The molecule has 1 aromatic heterocycles. The molecule has 0 fully saturated rings. The summed E-state index contributed by atoms with van der Waals surface area (Å²) in [7, 11) is 0. The Hall–Kier alpha value is -3.28. The molecular formula is C21H14F6N2O. The van der Waals surface area contributed by atoms with Crippen LogP contribution in [0.15, 0.2) is 64.5 Å². The highest BCUT2D eigenvalue weighted by atomic mass is 19.4. The smallest absolute Gasteiger partial charge is 0.303 e. The second-order valence-electron chi connectivity index (χ2n) is 7.00. The molecule has 1 aromatic carbocycles. The van der Waals surface area contributed by atoms with Crippen molar-refractivity contribution in [3.63, 3.8) is 0 Å². The Kier molecular flexibility index (Phi) is 5.37. The summed E-state index contributed by atoms with van der Waals surface area (Å²) < 4.78 is 83.3. The molecule has 0 saturated heterocycles. The highest BCUT2D eigenvalue weighted by molar-refractivity contribution is 5.62. The number of rotatable bonds is 3. The maximum Gasteiger partial charge on any atom is 0.417 e. The van der Waals surface area contributed by atoms with Gasteiger partial charge in [0, 0.05) is 12.5 Å². The van der Waals surface area contributed by atoms with Crippen LogP contribution in [0.3, 0.4) is 0 Å². The first-order chi connectivity index (χ1) is 14.0. The number of hydrogen-bond donors (Lipinski definition) is 0. The van der Waals surface area contributed by atoms with Gasteiger partial charge >= 0.3 is 6.18 Å². The first-order valence-corrected chi connectivity index (χ1v) is 8.70. The number of benzene rings is 1. The van der Waals surface area contributed by atoms with Crippen molar-refractivity contribution in [3.8, 4) is 17.3 Å². The molecule has 0 N–H and O–H groups in total. The van der Waals surface area contributed by atoms with Gasteiger partial charge in [0.2, 0.25) is 0 Å². The Morgan fingerprint density at radius 3 is 2.40 bits per heavy atom. The molecule has 3 nitrogen and oxygen atoms in total. The maximum atomic E-state index is 14.3. The number of hydrogen-bond acceptors (Lipinski definition) is 2. The van der Waals surface area contributed by atoms with Crippen LogP contribution in [0.25, 0.3) is 11.3 Å². The van der Waals surface area contributed by atoms with E-state index < -0.39 is 53.2 Å². The summed E-state index contributed by atoms with van der Waals surface area (Å²) in [5.41, 5.74) is -6.76. The predicted molar refractivity (Wildman–Crippen MR) is 97.3 cm³/mol. The van der Waals surface area contributed by atoms with Gasteiger partial charge in [0.15, 0.2) is 5.67 Å². The number of halogens is 6. The van der Waals surface area contributed by atoms with Gasteiger partial charge in [0.25, 0.3) is 5.56 Å². The Morgan fingerprint density at radius 2 is 1.83 bits per heavy atom. The van der Waals surface area contributed by atoms with Gasteiger partial charge in [-0.2, -0.15) is 18.4 Å². The molecular weight excluding hydrogens is 410 g/mol. The summed E-state index contributed by atoms with van der Waals surface area (Å²) >= 11 is 0. The monoisotopic (exact) mass is 424 g/mol. The van der Waals surface area contributed by atoms with Gasteiger partial charge in [0.1, 0.15) is 23.3 Å². The Morgan fingerprint density at radius 1 is 1.20 bits per heavy atom. The normalized spacial score (nSPS) is 19.5. The number of nitrogens with zero attached hydrogens (tertiary/aromatic N) is 2. The van der Waals surface area contributed by atoms with E-state index in [1.54, 1.807) is 6.07 Å². The van der Waals surface area contributed by atoms with E-state index in [1.165, 1.54) is 30.3 Å². The minimum Gasteiger partial charge on any atom is -0.303 e. The third kappa shape index (κ3) is 3.90. The largest absolute Gasteiger partial charge is 0.417 e. The van der Waals surface area contributed by atoms with Crippen LogP contribution in [-0.4, -0.2) is 10.2 Å². The standard InChI is InChI=1S/C21H14F6N2O/c1-20(24)9-13(16(22)8-18(20)23)11-29-17(12-5-3-2-4-6-12)7-15(21(25,26)27)14(10-28)19(29)30/h2-8H,9,11H2,1H3. The van der Waals surface area contributed by atoms with Crippen LogP contribution in [0.5, 0.6) is 0 Å². The van der Waals surface area contributed by atoms with E-state index in [0.29, 0.717) is 12.1 Å². The molecule has 0 amide bonds. The van der Waals surface area contributed by atoms with E-state index >= 15 is 0 Å². The minimum absolute atomic E-state index is 0.200. The lowest BCUT2D eigenvalue weighted by atomic mass is 9.91. The molecule has 2 aromatic rings. The number of allylic oxidation sites excluding steroid dienone is 4. The number of pyridine rings is 1. The zero-order valence-electron chi connectivity index (χ0n) is 15.5. The van der Waals surface area contributed by atoms with Crippen molar-refractivity contribution in [3.05, 3.63) is 81.2 Å². The van der Waals surface area contributed by atoms with Gasteiger partial charge in [-0.3, -0.25) is 4.79 Å². The van der Waals surface area contributed by atoms with Gasteiger partial charge in [-0.15, -0.1) is 0 Å². The fourth-order valence-corrected chi connectivity index (χ4v) is 3.24. The number of nitriles is 1. The van der Waals surface area contributed by atoms with Crippen LogP contribution in [0, 0.1) is 11.3 Å². The molecule has 1 heterocycles. The molecule has 1 aliphatic rings. The second-order valence-corrected chi connectivity index (χ2v) is 7.00. The molecule has 30 heavy (non-hydrogen) atoms. The van der Waals surface area contributed by atoms with E-state index in [-0.39, 0.29) is 16.8 Å². The van der Waals surface area contributed by atoms with Gasteiger partial charge in [-0.1, -0.05) is 30.3 Å². The van der Waals surface area contributed by atoms with Crippen molar-refractivity contribution in [2.75, 3.05) is 0 Å². The topological polar surface area (TPSA) is 45.8 Å². The van der Waals surface area contributed by atoms with Crippen molar-refractivity contribution < 1.29 is 26.3 Å². The van der Waals surface area contributed by atoms with Crippen molar-refractivity contribution in [2.45, 2.75) is 31.7 Å².